The average Bonchev–Trinajstić information content (AvgIpc) is 3.77. The van der Waals surface area contributed by atoms with E-state index in [0.717, 1.165) is 23.2 Å². The lowest BCUT2D eigenvalue weighted by atomic mass is 9.77. The van der Waals surface area contributed by atoms with E-state index in [9.17, 15) is 53.5 Å². The summed E-state index contributed by atoms with van der Waals surface area (Å²) in [5, 5.41) is 2.82. The summed E-state index contributed by atoms with van der Waals surface area (Å²) in [6.45, 7) is 7.78. The minimum atomic E-state index is -4.78. The van der Waals surface area contributed by atoms with Crippen LogP contribution in [0.5, 0.6) is 0 Å². The van der Waals surface area contributed by atoms with Crippen molar-refractivity contribution in [2.24, 2.45) is 0 Å². The van der Waals surface area contributed by atoms with Crippen LogP contribution in [0.3, 0.4) is 0 Å². The molecule has 22 heteroatoms. The minimum Gasteiger partial charge on any atom is -0.778 e. The lowest BCUT2D eigenvalue weighted by molar-refractivity contribution is -0.425. The molecule has 1 N–H and O–H groups in total. The van der Waals surface area contributed by atoms with Crippen LogP contribution in [0, 0.1) is 0 Å². The maximum atomic E-state index is 13.3. The third kappa shape index (κ3) is 9.26. The molecule has 3 heterocycles. The highest BCUT2D eigenvalue weighted by molar-refractivity contribution is 7.89. The molecule has 0 spiro atoms. The third-order valence-electron chi connectivity index (χ3n) is 12.8. The van der Waals surface area contributed by atoms with E-state index in [-0.39, 0.29) is 24.2 Å². The normalized spacial score (nSPS) is 19.0. The SMILES string of the molecule is CC1(C)C(/C=C2\C(=S)C(/C=C3/N(CCCCCC(=O)ON4C(=O)CCC4=O)c4ccc5cc(S(=O)(=O)[O-])ccc5c4C3(C)C)=C2[S-])=[N+](CC(=O)NS(C)(=O)=O)c2ccc3cc(S(=O)(=O)[O-])ccc3c21. The number of imide groups is 1. The fraction of sp³-hybridized carbons (Fsp3) is 0.319. The van der Waals surface area contributed by atoms with Crippen molar-refractivity contribution in [1.82, 2.24) is 9.79 Å². The monoisotopic (exact) mass is 1030 g/mol. The zero-order chi connectivity index (χ0) is 50.3. The van der Waals surface area contributed by atoms with Gasteiger partial charge in [-0.1, -0.05) is 50.7 Å². The molecule has 4 aliphatic rings. The molecule has 0 bridgehead atoms. The largest absolute Gasteiger partial charge is 0.778 e. The summed E-state index contributed by atoms with van der Waals surface area (Å²) in [5.41, 5.74) is 3.58. The quantitative estimate of drug-likeness (QED) is 0.0324. The molecule has 362 valence electrons. The van der Waals surface area contributed by atoms with E-state index in [0.29, 0.717) is 90.3 Å². The van der Waals surface area contributed by atoms with E-state index in [1.54, 1.807) is 34.9 Å². The number of carbonyl (C=O) groups excluding carboxylic acids is 4. The van der Waals surface area contributed by atoms with E-state index in [1.807, 2.05) is 44.6 Å². The highest BCUT2D eigenvalue weighted by atomic mass is 32.2. The maximum absolute atomic E-state index is 13.3. The summed E-state index contributed by atoms with van der Waals surface area (Å²) in [6, 6.07) is 15.1. The van der Waals surface area contributed by atoms with Crippen molar-refractivity contribution in [2.75, 3.05) is 24.2 Å². The predicted octanol–water partition coefficient (Wildman–Crippen LogP) is 5.21. The van der Waals surface area contributed by atoms with Gasteiger partial charge in [0, 0.05) is 65.2 Å². The van der Waals surface area contributed by atoms with Gasteiger partial charge in [-0.3, -0.25) is 14.4 Å². The number of hydrogen-bond donors (Lipinski definition) is 1. The lowest BCUT2D eigenvalue weighted by Gasteiger charge is -2.35. The van der Waals surface area contributed by atoms with Crippen molar-refractivity contribution >= 4 is 122 Å². The van der Waals surface area contributed by atoms with Gasteiger partial charge in [-0.25, -0.2) is 34.8 Å². The topological polar surface area (TPSA) is 248 Å². The van der Waals surface area contributed by atoms with E-state index in [2.05, 4.69) is 4.90 Å². The van der Waals surface area contributed by atoms with E-state index in [4.69, 9.17) is 29.7 Å². The van der Waals surface area contributed by atoms with Crippen LogP contribution >= 0.6 is 12.2 Å². The van der Waals surface area contributed by atoms with Crippen LogP contribution < -0.4 is 9.62 Å². The molecule has 0 aromatic heterocycles. The van der Waals surface area contributed by atoms with Crippen molar-refractivity contribution < 1.29 is 63.0 Å². The number of hydroxylamine groups is 2. The molecule has 0 atom stereocenters. The lowest BCUT2D eigenvalue weighted by Crippen LogP contribution is -2.37. The Morgan fingerprint density at radius 3 is 1.96 bits per heavy atom. The van der Waals surface area contributed by atoms with Crippen LogP contribution in [0.25, 0.3) is 21.5 Å². The van der Waals surface area contributed by atoms with Gasteiger partial charge in [-0.05, 0) is 107 Å². The first-order valence-corrected chi connectivity index (χ1v) is 27.1. The van der Waals surface area contributed by atoms with E-state index < -0.39 is 76.2 Å². The number of nitrogens with zero attached hydrogens (tertiary/aromatic N) is 3. The van der Waals surface area contributed by atoms with Crippen molar-refractivity contribution in [3.05, 3.63) is 106 Å². The average molecular weight is 1030 g/mol. The Bertz CT molecular complexity index is 3480. The molecule has 69 heavy (non-hydrogen) atoms. The molecule has 1 aliphatic carbocycles. The van der Waals surface area contributed by atoms with Crippen molar-refractivity contribution in [1.29, 1.82) is 0 Å². The van der Waals surface area contributed by atoms with Crippen LogP contribution in [0.4, 0.5) is 11.4 Å². The number of amides is 3. The summed E-state index contributed by atoms with van der Waals surface area (Å²) < 4.78 is 99.7. The van der Waals surface area contributed by atoms with Gasteiger partial charge in [0.25, 0.3) is 17.7 Å². The second-order valence-electron chi connectivity index (χ2n) is 18.3. The summed E-state index contributed by atoms with van der Waals surface area (Å²) in [4.78, 5) is 56.8. The standard InChI is InChI=1S/C47H46N4O13S5/c1-46(2)36(49(20-8-6-7-9-41(55)64-51-39(53)18-19-40(51)54)34-16-10-26-21-28(68(58,59)60)12-14-30(26)42(34)46)23-32-44(65)33(45(32)66)24-37-47(3,4)43-31-15-13-29(69(61,62)63)22-27(31)11-17-35(43)50(37)25-38(52)48-67(5,56)57/h10-17,21-24H,6-9,18-20,25H2,1-5H3,(H3-,48,52,58,59,60,61,62,63,65,66)/p-2. The van der Waals surface area contributed by atoms with Gasteiger partial charge in [-0.15, -0.1) is 5.06 Å². The first-order valence-electron chi connectivity index (χ1n) is 21.6. The molecule has 17 nitrogen and oxygen atoms in total. The summed E-state index contributed by atoms with van der Waals surface area (Å²) in [5.74, 6) is -2.65. The fourth-order valence-corrected chi connectivity index (χ4v) is 11.9. The number of allylic oxidation sites excluding steroid dienone is 5. The second kappa shape index (κ2) is 17.6. The Labute approximate surface area is 409 Å². The number of anilines is 1. The van der Waals surface area contributed by atoms with Crippen LogP contribution in [-0.4, -0.2) is 97.6 Å². The Morgan fingerprint density at radius 1 is 0.812 bits per heavy atom. The zero-order valence-corrected chi connectivity index (χ0v) is 41.9. The Morgan fingerprint density at radius 2 is 1.39 bits per heavy atom. The fourth-order valence-electron chi connectivity index (χ4n) is 9.66. The number of sulfonamides is 1. The number of hydrogen-bond acceptors (Lipinski definition) is 16. The molecule has 0 unspecified atom stereocenters. The molecule has 0 radical (unpaired) electrons. The molecule has 1 fully saturated rings. The summed E-state index contributed by atoms with van der Waals surface area (Å²) in [7, 11) is -13.5. The molecular formula is C47H44N4O13S5-2. The Hall–Kier alpha value is -5.75. The minimum absolute atomic E-state index is 0.0152. The third-order valence-corrected chi connectivity index (χ3v) is 16.0. The van der Waals surface area contributed by atoms with Crippen LogP contribution in [0.15, 0.2) is 104 Å². The van der Waals surface area contributed by atoms with Gasteiger partial charge in [0.15, 0.2) is 5.71 Å². The number of fused-ring (bicyclic) bond motifs is 6. The molecule has 0 saturated carbocycles. The molecule has 8 rings (SSSR count). The first-order chi connectivity index (χ1) is 32.1. The van der Waals surface area contributed by atoms with Crippen LogP contribution in [0.2, 0.25) is 0 Å². The number of nitrogens with one attached hydrogen (secondary N) is 1. The van der Waals surface area contributed by atoms with Crippen LogP contribution in [-0.2, 0) is 77.7 Å². The summed E-state index contributed by atoms with van der Waals surface area (Å²) >= 11 is 12.2. The number of thiocarbonyl (C=S) groups is 1. The van der Waals surface area contributed by atoms with Crippen LogP contribution in [0.1, 0.15) is 77.3 Å². The van der Waals surface area contributed by atoms with E-state index in [1.165, 1.54) is 30.3 Å². The molecular weight excluding hydrogens is 989 g/mol. The number of unbranched alkanes of at least 4 members (excludes halogenated alkanes) is 2. The number of benzene rings is 4. The van der Waals surface area contributed by atoms with Crippen molar-refractivity contribution in [3.63, 3.8) is 0 Å². The zero-order valence-electron chi connectivity index (χ0n) is 37.8. The van der Waals surface area contributed by atoms with Gasteiger partial charge < -0.3 is 31.5 Å². The van der Waals surface area contributed by atoms with Gasteiger partial charge in [0.05, 0.1) is 21.5 Å². The predicted molar refractivity (Wildman–Crippen MR) is 259 cm³/mol. The number of carbonyl (C=O) groups is 4. The number of rotatable bonds is 14. The van der Waals surface area contributed by atoms with Crippen molar-refractivity contribution in [2.45, 2.75) is 86.8 Å². The van der Waals surface area contributed by atoms with Gasteiger partial charge in [0.1, 0.15) is 20.2 Å². The van der Waals surface area contributed by atoms with E-state index >= 15 is 0 Å². The molecule has 1 saturated heterocycles. The maximum Gasteiger partial charge on any atom is 0.333 e. The highest BCUT2D eigenvalue weighted by Crippen LogP contribution is 2.53. The highest BCUT2D eigenvalue weighted by Gasteiger charge is 2.48. The second-order valence-corrected chi connectivity index (χ2v) is 23.6. The molecule has 3 amide bonds. The Kier molecular flexibility index (Phi) is 12.7. The van der Waals surface area contributed by atoms with Gasteiger partial charge in [-0.2, -0.15) is 9.48 Å². The molecule has 4 aromatic carbocycles. The smallest absolute Gasteiger partial charge is 0.333 e. The Balaban J connectivity index is 1.16. The molecule has 3 aliphatic heterocycles. The summed E-state index contributed by atoms with van der Waals surface area (Å²) in [6.07, 6.45) is 6.01. The van der Waals surface area contributed by atoms with Gasteiger partial charge in [0.2, 0.25) is 22.3 Å². The van der Waals surface area contributed by atoms with Crippen molar-refractivity contribution in [3.8, 4) is 0 Å². The molecule has 4 aromatic rings. The first kappa shape index (κ1) is 49.7. The van der Waals surface area contributed by atoms with Gasteiger partial charge >= 0.3 is 5.97 Å².